The molecule has 0 radical (unpaired) electrons. The molecule has 2 nitrogen and oxygen atoms in total. The van der Waals surface area contributed by atoms with Crippen LogP contribution in [0.15, 0.2) is 18.2 Å². The Bertz CT molecular complexity index is 345. The number of phenolic OH excluding ortho intramolecular Hbond substituents is 1. The number of phenols is 1. The van der Waals surface area contributed by atoms with Gasteiger partial charge in [-0.25, -0.2) is 4.39 Å². The zero-order chi connectivity index (χ0) is 10.8. The van der Waals surface area contributed by atoms with E-state index in [1.807, 2.05) is 0 Å². The first-order valence-corrected chi connectivity index (χ1v) is 5.34. The fourth-order valence-electron chi connectivity index (χ4n) is 2.13. The Balaban J connectivity index is 2.12. The van der Waals surface area contributed by atoms with Crippen molar-refractivity contribution in [2.45, 2.75) is 18.8 Å². The van der Waals surface area contributed by atoms with Gasteiger partial charge in [-0.1, -0.05) is 6.07 Å². The lowest BCUT2D eigenvalue weighted by atomic mass is 9.89. The van der Waals surface area contributed by atoms with Gasteiger partial charge in [0.25, 0.3) is 0 Å². The van der Waals surface area contributed by atoms with E-state index in [1.54, 1.807) is 12.1 Å². The number of halogens is 1. The molecule has 1 aromatic rings. The van der Waals surface area contributed by atoms with Crippen molar-refractivity contribution in [2.24, 2.45) is 0 Å². The molecule has 15 heavy (non-hydrogen) atoms. The maximum atomic E-state index is 12.9. The van der Waals surface area contributed by atoms with Crippen LogP contribution >= 0.6 is 0 Å². The first kappa shape index (κ1) is 10.4. The summed E-state index contributed by atoms with van der Waals surface area (Å²) in [6.45, 7) is 2.14. The predicted molar refractivity (Wildman–Crippen MR) is 57.5 cm³/mol. The molecule has 1 fully saturated rings. The van der Waals surface area contributed by atoms with E-state index < -0.39 is 5.82 Å². The molecule has 2 rings (SSSR count). The Morgan fingerprint density at radius 3 is 2.60 bits per heavy atom. The molecule has 0 bridgehead atoms. The third kappa shape index (κ3) is 2.29. The largest absolute Gasteiger partial charge is 0.505 e. The van der Waals surface area contributed by atoms with E-state index in [9.17, 15) is 9.50 Å². The lowest BCUT2D eigenvalue weighted by molar-refractivity contribution is 0.255. The second-order valence-electron chi connectivity index (χ2n) is 4.29. The van der Waals surface area contributed by atoms with Crippen molar-refractivity contribution >= 4 is 0 Å². The van der Waals surface area contributed by atoms with Crippen LogP contribution in [0.3, 0.4) is 0 Å². The van der Waals surface area contributed by atoms with Crippen molar-refractivity contribution in [3.05, 3.63) is 29.6 Å². The quantitative estimate of drug-likeness (QED) is 0.767. The van der Waals surface area contributed by atoms with Crippen LogP contribution in [0.5, 0.6) is 5.75 Å². The molecule has 1 aliphatic rings. The van der Waals surface area contributed by atoms with Gasteiger partial charge >= 0.3 is 0 Å². The maximum Gasteiger partial charge on any atom is 0.164 e. The van der Waals surface area contributed by atoms with Gasteiger partial charge in [0.05, 0.1) is 0 Å². The third-order valence-corrected chi connectivity index (χ3v) is 3.16. The summed E-state index contributed by atoms with van der Waals surface area (Å²) in [5, 5.41) is 9.30. The molecule has 1 aromatic carbocycles. The Morgan fingerprint density at radius 2 is 2.00 bits per heavy atom. The fraction of sp³-hybridized carbons (Fsp3) is 0.500. The van der Waals surface area contributed by atoms with E-state index in [-0.39, 0.29) is 5.75 Å². The van der Waals surface area contributed by atoms with E-state index in [0.29, 0.717) is 5.92 Å². The van der Waals surface area contributed by atoms with Crippen molar-refractivity contribution in [1.82, 2.24) is 4.90 Å². The number of likely N-dealkylation sites (tertiary alicyclic amines) is 1. The second-order valence-corrected chi connectivity index (χ2v) is 4.29. The van der Waals surface area contributed by atoms with E-state index in [0.717, 1.165) is 31.5 Å². The molecular formula is C12H16FNO. The van der Waals surface area contributed by atoms with Crippen LogP contribution in [0.25, 0.3) is 0 Å². The molecule has 1 N–H and O–H groups in total. The van der Waals surface area contributed by atoms with Gasteiger partial charge < -0.3 is 10.0 Å². The molecule has 1 saturated heterocycles. The van der Waals surface area contributed by atoms with Gasteiger partial charge in [-0.3, -0.25) is 0 Å². The van der Waals surface area contributed by atoms with E-state index in [1.165, 1.54) is 6.07 Å². The minimum atomic E-state index is -0.535. The summed E-state index contributed by atoms with van der Waals surface area (Å²) >= 11 is 0. The van der Waals surface area contributed by atoms with E-state index >= 15 is 0 Å². The molecule has 0 unspecified atom stereocenters. The van der Waals surface area contributed by atoms with Crippen molar-refractivity contribution in [3.63, 3.8) is 0 Å². The lowest BCUT2D eigenvalue weighted by Crippen LogP contribution is -2.29. The highest BCUT2D eigenvalue weighted by molar-refractivity contribution is 5.31. The Kier molecular flexibility index (Phi) is 2.91. The number of piperidine rings is 1. The molecule has 3 heteroatoms. The fourth-order valence-corrected chi connectivity index (χ4v) is 2.13. The molecule has 0 amide bonds. The highest BCUT2D eigenvalue weighted by atomic mass is 19.1. The number of aromatic hydroxyl groups is 1. The number of benzene rings is 1. The van der Waals surface area contributed by atoms with Crippen molar-refractivity contribution in [2.75, 3.05) is 20.1 Å². The maximum absolute atomic E-state index is 12.9. The first-order valence-electron chi connectivity index (χ1n) is 5.34. The summed E-state index contributed by atoms with van der Waals surface area (Å²) in [5.41, 5.74) is 1.06. The van der Waals surface area contributed by atoms with Gasteiger partial charge in [-0.15, -0.1) is 0 Å². The number of hydrogen-bond donors (Lipinski definition) is 1. The van der Waals surface area contributed by atoms with Crippen molar-refractivity contribution < 1.29 is 9.50 Å². The smallest absolute Gasteiger partial charge is 0.164 e. The summed E-state index contributed by atoms with van der Waals surface area (Å²) < 4.78 is 12.9. The molecular weight excluding hydrogens is 193 g/mol. The molecule has 0 atom stereocenters. The van der Waals surface area contributed by atoms with Crippen LogP contribution in [0.1, 0.15) is 24.3 Å². The Hall–Kier alpha value is -1.09. The lowest BCUT2D eigenvalue weighted by Gasteiger charge is -2.29. The van der Waals surface area contributed by atoms with Crippen molar-refractivity contribution in [3.8, 4) is 5.75 Å². The van der Waals surface area contributed by atoms with Gasteiger partial charge in [-0.05, 0) is 56.6 Å². The van der Waals surface area contributed by atoms with E-state index in [2.05, 4.69) is 11.9 Å². The Labute approximate surface area is 89.3 Å². The summed E-state index contributed by atoms with van der Waals surface area (Å²) in [6.07, 6.45) is 2.17. The van der Waals surface area contributed by atoms with Gasteiger partial charge in [0.15, 0.2) is 11.6 Å². The average Bonchev–Trinajstić information content (AvgIpc) is 2.23. The average molecular weight is 209 g/mol. The van der Waals surface area contributed by atoms with Crippen LogP contribution < -0.4 is 0 Å². The zero-order valence-corrected chi connectivity index (χ0v) is 8.91. The van der Waals surface area contributed by atoms with Gasteiger partial charge in [0, 0.05) is 0 Å². The Morgan fingerprint density at radius 1 is 1.33 bits per heavy atom. The SMILES string of the molecule is CN1CCC(c2ccc(F)c(O)c2)CC1. The van der Waals surface area contributed by atoms with Gasteiger partial charge in [-0.2, -0.15) is 0 Å². The van der Waals surface area contributed by atoms with E-state index in [4.69, 9.17) is 0 Å². The van der Waals surface area contributed by atoms with Crippen LogP contribution in [-0.4, -0.2) is 30.1 Å². The molecule has 82 valence electrons. The summed E-state index contributed by atoms with van der Waals surface area (Å²) in [7, 11) is 2.11. The summed E-state index contributed by atoms with van der Waals surface area (Å²) in [4.78, 5) is 2.29. The van der Waals surface area contributed by atoms with Crippen LogP contribution in [0.2, 0.25) is 0 Å². The van der Waals surface area contributed by atoms with Crippen LogP contribution in [0.4, 0.5) is 4.39 Å². The van der Waals surface area contributed by atoms with Crippen molar-refractivity contribution in [1.29, 1.82) is 0 Å². The second kappa shape index (κ2) is 4.19. The highest BCUT2D eigenvalue weighted by Gasteiger charge is 2.19. The summed E-state index contributed by atoms with van der Waals surface area (Å²) in [6, 6.07) is 4.69. The zero-order valence-electron chi connectivity index (χ0n) is 8.91. The highest BCUT2D eigenvalue weighted by Crippen LogP contribution is 2.30. The standard InChI is InChI=1S/C12H16FNO/c1-14-6-4-9(5-7-14)10-2-3-11(13)12(15)8-10/h2-3,8-9,15H,4-7H2,1H3. The molecule has 1 aliphatic heterocycles. The van der Waals surface area contributed by atoms with Gasteiger partial charge in [0.2, 0.25) is 0 Å². The molecule has 0 spiro atoms. The molecule has 1 heterocycles. The third-order valence-electron chi connectivity index (χ3n) is 3.16. The monoisotopic (exact) mass is 209 g/mol. The number of hydrogen-bond acceptors (Lipinski definition) is 2. The number of nitrogens with zero attached hydrogens (tertiary/aromatic N) is 1. The predicted octanol–water partition coefficient (Wildman–Crippen LogP) is 2.34. The number of rotatable bonds is 1. The van der Waals surface area contributed by atoms with Crippen LogP contribution in [0, 0.1) is 5.82 Å². The molecule has 0 aromatic heterocycles. The van der Waals surface area contributed by atoms with Gasteiger partial charge in [0.1, 0.15) is 0 Å². The first-order chi connectivity index (χ1) is 7.16. The minimum Gasteiger partial charge on any atom is -0.505 e. The molecule has 0 aliphatic carbocycles. The summed E-state index contributed by atoms with van der Waals surface area (Å²) in [5.74, 6) is -0.300. The minimum absolute atomic E-state index is 0.230. The van der Waals surface area contributed by atoms with Crippen LogP contribution in [-0.2, 0) is 0 Å². The normalized spacial score (nSPS) is 19.3. The molecule has 0 saturated carbocycles. The topological polar surface area (TPSA) is 23.5 Å².